The molecule has 0 aliphatic carbocycles. The number of nitrogens with zero attached hydrogens (tertiary/aromatic N) is 2. The van der Waals surface area contributed by atoms with Crippen LogP contribution in [0.4, 0.5) is 23.2 Å². The van der Waals surface area contributed by atoms with Crippen molar-refractivity contribution in [2.45, 2.75) is 24.1 Å². The molecule has 2 aromatic carbocycles. The zero-order valence-corrected chi connectivity index (χ0v) is 17.9. The second-order valence-corrected chi connectivity index (χ2v) is 10.7. The number of rotatable bonds is 4. The maximum atomic E-state index is 13.1. The van der Waals surface area contributed by atoms with Gasteiger partial charge in [0, 0.05) is 10.9 Å². The first-order valence-corrected chi connectivity index (χ1v) is 12.1. The van der Waals surface area contributed by atoms with Crippen LogP contribution in [0.15, 0.2) is 53.5 Å². The summed E-state index contributed by atoms with van der Waals surface area (Å²) >= 11 is 1.15. The number of thioether (sulfide) groups is 1. The number of benzene rings is 2. The topological polar surface area (TPSA) is 76.0 Å². The van der Waals surface area contributed by atoms with Crippen LogP contribution in [0.2, 0.25) is 0 Å². The number of fused-ring (bicyclic) bond motifs is 1. The molecule has 0 bridgehead atoms. The van der Waals surface area contributed by atoms with Gasteiger partial charge in [0.05, 0.1) is 24.0 Å². The molecule has 0 radical (unpaired) electrons. The normalized spacial score (nSPS) is 23.4. The molecule has 4 rings (SSSR count). The fourth-order valence-electron chi connectivity index (χ4n) is 3.60. The first-order chi connectivity index (χ1) is 15.0. The van der Waals surface area contributed by atoms with Gasteiger partial charge >= 0.3 is 6.36 Å². The molecule has 2 fully saturated rings. The van der Waals surface area contributed by atoms with E-state index in [-0.39, 0.29) is 28.3 Å². The Morgan fingerprint density at radius 1 is 1.09 bits per heavy atom. The van der Waals surface area contributed by atoms with Crippen molar-refractivity contribution in [3.8, 4) is 5.75 Å². The summed E-state index contributed by atoms with van der Waals surface area (Å²) in [7, 11) is -3.29. The van der Waals surface area contributed by atoms with E-state index in [1.165, 1.54) is 36.4 Å². The molecule has 170 valence electrons. The summed E-state index contributed by atoms with van der Waals surface area (Å²) in [5.74, 6) is -1.61. The van der Waals surface area contributed by atoms with Crippen molar-refractivity contribution in [2.75, 3.05) is 16.4 Å². The summed E-state index contributed by atoms with van der Waals surface area (Å²) in [6.45, 7) is 0. The minimum absolute atomic E-state index is 0.0792. The number of ether oxygens (including phenoxy) is 1. The van der Waals surface area contributed by atoms with Crippen molar-refractivity contribution in [2.24, 2.45) is 4.99 Å². The monoisotopic (exact) mass is 488 g/mol. The van der Waals surface area contributed by atoms with E-state index in [1.807, 2.05) is 0 Å². The van der Waals surface area contributed by atoms with Crippen LogP contribution in [-0.4, -0.2) is 48.7 Å². The molecular formula is C20H16F4N2O4S2. The molecule has 32 heavy (non-hydrogen) atoms. The van der Waals surface area contributed by atoms with Gasteiger partial charge in [-0.3, -0.25) is 4.79 Å². The van der Waals surface area contributed by atoms with E-state index in [0.717, 1.165) is 23.9 Å². The molecule has 1 amide bonds. The third kappa shape index (κ3) is 5.23. The van der Waals surface area contributed by atoms with Gasteiger partial charge in [-0.05, 0) is 42.0 Å². The second-order valence-electron chi connectivity index (χ2n) is 7.30. The van der Waals surface area contributed by atoms with Crippen LogP contribution in [0.3, 0.4) is 0 Å². The minimum Gasteiger partial charge on any atom is -0.406 e. The van der Waals surface area contributed by atoms with Crippen molar-refractivity contribution >= 4 is 38.4 Å². The lowest BCUT2D eigenvalue weighted by Gasteiger charge is -2.24. The molecule has 2 saturated heterocycles. The first-order valence-electron chi connectivity index (χ1n) is 9.37. The number of alkyl halides is 3. The zero-order chi connectivity index (χ0) is 23.1. The first kappa shape index (κ1) is 22.6. The van der Waals surface area contributed by atoms with Crippen LogP contribution in [0.5, 0.6) is 5.75 Å². The molecule has 0 aromatic heterocycles. The number of aliphatic imine (C=N–C) groups is 1. The number of amides is 1. The highest BCUT2D eigenvalue weighted by atomic mass is 32.2. The lowest BCUT2D eigenvalue weighted by Crippen LogP contribution is -2.37. The molecular weight excluding hydrogens is 472 g/mol. The van der Waals surface area contributed by atoms with Gasteiger partial charge in [-0.2, -0.15) is 4.99 Å². The van der Waals surface area contributed by atoms with Gasteiger partial charge in [-0.25, -0.2) is 12.8 Å². The summed E-state index contributed by atoms with van der Waals surface area (Å²) in [4.78, 5) is 18.2. The van der Waals surface area contributed by atoms with Crippen LogP contribution < -0.4 is 9.64 Å². The van der Waals surface area contributed by atoms with Gasteiger partial charge < -0.3 is 9.64 Å². The van der Waals surface area contributed by atoms with Gasteiger partial charge in [0.25, 0.3) is 5.91 Å². The predicted octanol–water partition coefficient (Wildman–Crippen LogP) is 3.57. The smallest absolute Gasteiger partial charge is 0.406 e. The van der Waals surface area contributed by atoms with Gasteiger partial charge in [0.2, 0.25) is 0 Å². The van der Waals surface area contributed by atoms with Crippen LogP contribution in [0, 0.1) is 5.82 Å². The van der Waals surface area contributed by atoms with E-state index >= 15 is 0 Å². The highest BCUT2D eigenvalue weighted by molar-refractivity contribution is 8.16. The van der Waals surface area contributed by atoms with Gasteiger partial charge in [0.15, 0.2) is 15.0 Å². The van der Waals surface area contributed by atoms with Crippen molar-refractivity contribution in [1.82, 2.24) is 0 Å². The van der Waals surface area contributed by atoms with Crippen LogP contribution >= 0.6 is 11.8 Å². The largest absolute Gasteiger partial charge is 0.573 e. The molecule has 2 aliphatic rings. The minimum atomic E-state index is -4.84. The highest BCUT2D eigenvalue weighted by Crippen LogP contribution is 2.41. The Bertz CT molecular complexity index is 1150. The molecule has 0 spiro atoms. The summed E-state index contributed by atoms with van der Waals surface area (Å²) < 4.78 is 78.4. The quantitative estimate of drug-likeness (QED) is 0.613. The Hall–Kier alpha value is -2.60. The van der Waals surface area contributed by atoms with E-state index in [9.17, 15) is 30.8 Å². The molecule has 0 N–H and O–H groups in total. The van der Waals surface area contributed by atoms with Crippen LogP contribution in [-0.2, 0) is 21.1 Å². The average Bonchev–Trinajstić information content (AvgIpc) is 3.14. The summed E-state index contributed by atoms with van der Waals surface area (Å²) in [5.41, 5.74) is 0.955. The van der Waals surface area contributed by atoms with Crippen molar-refractivity contribution in [3.05, 3.63) is 59.9 Å². The van der Waals surface area contributed by atoms with Crippen molar-refractivity contribution < 1.29 is 35.5 Å². The number of anilines is 1. The Kier molecular flexibility index (Phi) is 5.93. The lowest BCUT2D eigenvalue weighted by atomic mass is 10.1. The Morgan fingerprint density at radius 2 is 1.75 bits per heavy atom. The van der Waals surface area contributed by atoms with Gasteiger partial charge in [-0.15, -0.1) is 13.2 Å². The maximum absolute atomic E-state index is 13.1. The molecule has 0 unspecified atom stereocenters. The van der Waals surface area contributed by atoms with Gasteiger partial charge in [-0.1, -0.05) is 23.9 Å². The molecule has 0 saturated carbocycles. The SMILES string of the molecule is O=C(Cc1ccc(F)cc1)N=C1S[C@@H]2CS(=O)(=O)C[C@H]2N1c1ccc(OC(F)(F)F)cc1. The van der Waals surface area contributed by atoms with E-state index in [1.54, 1.807) is 4.90 Å². The number of halogens is 4. The number of hydrogen-bond acceptors (Lipinski definition) is 5. The zero-order valence-electron chi connectivity index (χ0n) is 16.3. The summed E-state index contributed by atoms with van der Waals surface area (Å²) in [5, 5.41) is -0.0880. The van der Waals surface area contributed by atoms with Crippen molar-refractivity contribution in [1.29, 1.82) is 0 Å². The summed E-state index contributed by atoms with van der Waals surface area (Å²) in [6.07, 6.45) is -4.92. The molecule has 2 heterocycles. The number of amidine groups is 1. The standard InChI is InChI=1S/C20H16F4N2O4S2/c21-13-3-1-12(2-4-13)9-18(27)25-19-26(16-10-32(28,29)11-17(16)31-19)14-5-7-15(8-6-14)30-20(22,23)24/h1-8,16-17H,9-11H2/t16-,17-/m1/s1. The Balaban J connectivity index is 1.60. The number of carbonyl (C=O) groups excluding carboxylic acids is 1. The molecule has 6 nitrogen and oxygen atoms in total. The Labute approximate surface area is 185 Å². The fourth-order valence-corrected chi connectivity index (χ4v) is 7.53. The van der Waals surface area contributed by atoms with Crippen LogP contribution in [0.1, 0.15) is 5.56 Å². The molecule has 2 aliphatic heterocycles. The third-order valence-corrected chi connectivity index (χ3v) is 8.11. The van der Waals surface area contributed by atoms with E-state index in [4.69, 9.17) is 0 Å². The van der Waals surface area contributed by atoms with E-state index < -0.39 is 39.7 Å². The third-order valence-electron chi connectivity index (χ3n) is 4.90. The second kappa shape index (κ2) is 8.39. The van der Waals surface area contributed by atoms with E-state index in [2.05, 4.69) is 9.73 Å². The van der Waals surface area contributed by atoms with Crippen molar-refractivity contribution in [3.63, 3.8) is 0 Å². The fraction of sp³-hybridized carbons (Fsp3) is 0.300. The van der Waals surface area contributed by atoms with E-state index in [0.29, 0.717) is 11.3 Å². The number of carbonyl (C=O) groups is 1. The average molecular weight is 488 g/mol. The molecule has 2 aromatic rings. The van der Waals surface area contributed by atoms with Crippen LogP contribution in [0.25, 0.3) is 0 Å². The maximum Gasteiger partial charge on any atom is 0.573 e. The summed E-state index contributed by atoms with van der Waals surface area (Å²) in [6, 6.07) is 9.82. The lowest BCUT2D eigenvalue weighted by molar-refractivity contribution is -0.274. The number of hydrogen-bond donors (Lipinski definition) is 0. The molecule has 12 heteroatoms. The van der Waals surface area contributed by atoms with Gasteiger partial charge in [0.1, 0.15) is 11.6 Å². The highest BCUT2D eigenvalue weighted by Gasteiger charge is 2.49. The predicted molar refractivity (Wildman–Crippen MR) is 112 cm³/mol. The molecule has 2 atom stereocenters. The Morgan fingerprint density at radius 3 is 2.38 bits per heavy atom. The number of sulfone groups is 1.